The predicted molar refractivity (Wildman–Crippen MR) is 158 cm³/mol. The number of hydroxylamine groups is 2. The number of nitrogens with zero attached hydrogens (tertiary/aromatic N) is 2. The molecule has 0 unspecified atom stereocenters. The highest BCUT2D eigenvalue weighted by molar-refractivity contribution is 5.78. The maximum Gasteiger partial charge on any atom is 0.332 e. The number of esters is 1. The van der Waals surface area contributed by atoms with Crippen LogP contribution in [0.15, 0.2) is 0 Å². The zero-order chi connectivity index (χ0) is 28.4. The summed E-state index contributed by atoms with van der Waals surface area (Å²) in [6, 6.07) is 0. The summed E-state index contributed by atoms with van der Waals surface area (Å²) in [5, 5.41) is 1.28. The van der Waals surface area contributed by atoms with Gasteiger partial charge in [0, 0.05) is 25.8 Å². The van der Waals surface area contributed by atoms with Gasteiger partial charge in [-0.05, 0) is 51.6 Å². The number of carbonyl (C=O) groups is 3. The molecule has 0 aromatic carbocycles. The van der Waals surface area contributed by atoms with Crippen molar-refractivity contribution >= 4 is 17.8 Å². The van der Waals surface area contributed by atoms with E-state index in [1.165, 1.54) is 75.7 Å². The molecule has 1 rings (SSSR count). The summed E-state index contributed by atoms with van der Waals surface area (Å²) in [5.74, 6) is -0.578. The number of likely N-dealkylation sites (tertiary alicyclic amines) is 1. The largest absolute Gasteiger partial charge is 0.466 e. The van der Waals surface area contributed by atoms with E-state index in [2.05, 4.69) is 18.7 Å². The summed E-state index contributed by atoms with van der Waals surface area (Å²) in [4.78, 5) is 45.1. The van der Waals surface area contributed by atoms with Crippen molar-refractivity contribution in [2.24, 2.45) is 0 Å². The van der Waals surface area contributed by atoms with Crippen molar-refractivity contribution in [2.75, 3.05) is 32.8 Å². The molecule has 0 bridgehead atoms. The first-order chi connectivity index (χ1) is 19.1. The van der Waals surface area contributed by atoms with Gasteiger partial charge in [-0.2, -0.15) is 5.06 Å². The highest BCUT2D eigenvalue weighted by Crippen LogP contribution is 2.13. The van der Waals surface area contributed by atoms with Gasteiger partial charge in [-0.3, -0.25) is 9.59 Å². The van der Waals surface area contributed by atoms with Crippen LogP contribution in [-0.2, 0) is 24.0 Å². The van der Waals surface area contributed by atoms with E-state index in [0.717, 1.165) is 58.0 Å². The second kappa shape index (κ2) is 25.3. The molecule has 1 saturated heterocycles. The molecule has 0 spiro atoms. The molecular formula is C32H60N2O5. The second-order valence-corrected chi connectivity index (χ2v) is 11.3. The molecule has 228 valence electrons. The summed E-state index contributed by atoms with van der Waals surface area (Å²) < 4.78 is 5.39. The van der Waals surface area contributed by atoms with Crippen molar-refractivity contribution < 1.29 is 24.0 Å². The first-order valence-electron chi connectivity index (χ1n) is 16.5. The maximum absolute atomic E-state index is 12.8. The monoisotopic (exact) mass is 552 g/mol. The fourth-order valence-corrected chi connectivity index (χ4v) is 5.02. The first-order valence-corrected chi connectivity index (χ1v) is 16.5. The van der Waals surface area contributed by atoms with Crippen LogP contribution in [0, 0.1) is 0 Å². The molecule has 1 aliphatic rings. The van der Waals surface area contributed by atoms with E-state index in [1.807, 2.05) is 0 Å². The molecule has 7 heteroatoms. The lowest BCUT2D eigenvalue weighted by molar-refractivity contribution is -0.199. The molecule has 1 fully saturated rings. The molecule has 0 saturated carbocycles. The number of amides is 1. The number of unbranched alkanes of at least 4 members (excludes halogenated alkanes) is 14. The number of rotatable bonds is 25. The Morgan fingerprint density at radius 2 is 1.13 bits per heavy atom. The van der Waals surface area contributed by atoms with Crippen molar-refractivity contribution in [1.82, 2.24) is 9.96 Å². The topological polar surface area (TPSA) is 76.1 Å². The van der Waals surface area contributed by atoms with Crippen LogP contribution in [0.25, 0.3) is 0 Å². The Kier molecular flexibility index (Phi) is 23.0. The van der Waals surface area contributed by atoms with Crippen LogP contribution in [0.2, 0.25) is 0 Å². The van der Waals surface area contributed by atoms with Crippen molar-refractivity contribution in [2.45, 2.75) is 155 Å². The lowest BCUT2D eigenvalue weighted by atomic mass is 10.1. The molecule has 0 N–H and O–H groups in total. The van der Waals surface area contributed by atoms with E-state index in [9.17, 15) is 14.4 Å². The van der Waals surface area contributed by atoms with Gasteiger partial charge in [0.05, 0.1) is 13.2 Å². The quantitative estimate of drug-likeness (QED) is 0.0654. The lowest BCUT2D eigenvalue weighted by Crippen LogP contribution is -2.36. The number of hydrogen-bond donors (Lipinski definition) is 0. The third-order valence-electron chi connectivity index (χ3n) is 7.57. The van der Waals surface area contributed by atoms with Crippen molar-refractivity contribution in [3.8, 4) is 0 Å². The molecule has 0 aromatic rings. The predicted octanol–water partition coefficient (Wildman–Crippen LogP) is 7.75. The zero-order valence-corrected chi connectivity index (χ0v) is 25.5. The standard InChI is InChI=1S/C32H60N2O5/c1-3-5-7-9-10-11-12-14-21-29-38-31(36)22-17-15-18-27-34(30(35)24-28-33-25-19-20-26-33)39-32(37)23-16-13-8-6-4-2/h3-29H2,1-2H3. The van der Waals surface area contributed by atoms with Crippen molar-refractivity contribution in [3.05, 3.63) is 0 Å². The van der Waals surface area contributed by atoms with Crippen LogP contribution in [0.3, 0.4) is 0 Å². The lowest BCUT2D eigenvalue weighted by Gasteiger charge is -2.23. The van der Waals surface area contributed by atoms with Gasteiger partial charge in [0.2, 0.25) is 0 Å². The van der Waals surface area contributed by atoms with Crippen LogP contribution in [0.4, 0.5) is 0 Å². The summed E-state index contributed by atoms with van der Waals surface area (Å²) in [5.41, 5.74) is 0. The second-order valence-electron chi connectivity index (χ2n) is 11.3. The molecule has 7 nitrogen and oxygen atoms in total. The Morgan fingerprint density at radius 1 is 0.615 bits per heavy atom. The molecular weight excluding hydrogens is 492 g/mol. The molecule has 0 atom stereocenters. The van der Waals surface area contributed by atoms with Gasteiger partial charge in [-0.25, -0.2) is 4.79 Å². The van der Waals surface area contributed by atoms with E-state index >= 15 is 0 Å². The molecule has 1 heterocycles. The van der Waals surface area contributed by atoms with E-state index in [-0.39, 0.29) is 17.8 Å². The van der Waals surface area contributed by atoms with E-state index < -0.39 is 0 Å². The van der Waals surface area contributed by atoms with Gasteiger partial charge in [0.25, 0.3) is 5.91 Å². The fraction of sp³-hybridized carbons (Fsp3) is 0.906. The van der Waals surface area contributed by atoms with Crippen LogP contribution in [0.1, 0.15) is 155 Å². The van der Waals surface area contributed by atoms with Gasteiger partial charge in [0.15, 0.2) is 0 Å². The summed E-state index contributed by atoms with van der Waals surface area (Å²) in [6.07, 6.45) is 22.2. The molecule has 0 radical (unpaired) electrons. The minimum atomic E-state index is -0.318. The number of hydrogen-bond acceptors (Lipinski definition) is 6. The molecule has 0 aliphatic carbocycles. The van der Waals surface area contributed by atoms with Gasteiger partial charge < -0.3 is 14.5 Å². The maximum atomic E-state index is 12.8. The van der Waals surface area contributed by atoms with Gasteiger partial charge in [0.1, 0.15) is 0 Å². The highest BCUT2D eigenvalue weighted by atomic mass is 16.7. The highest BCUT2D eigenvalue weighted by Gasteiger charge is 2.20. The Bertz CT molecular complexity index is 622. The van der Waals surface area contributed by atoms with Gasteiger partial charge in [-0.1, -0.05) is 97.3 Å². The smallest absolute Gasteiger partial charge is 0.332 e. The fourth-order valence-electron chi connectivity index (χ4n) is 5.02. The molecule has 39 heavy (non-hydrogen) atoms. The SMILES string of the molecule is CCCCCCCCCCCOC(=O)CCCCCN(OC(=O)CCCCCCC)C(=O)CCN1CCCC1. The zero-order valence-electron chi connectivity index (χ0n) is 25.5. The minimum Gasteiger partial charge on any atom is -0.466 e. The summed E-state index contributed by atoms with van der Waals surface area (Å²) >= 11 is 0. The van der Waals surface area contributed by atoms with E-state index in [4.69, 9.17) is 9.57 Å². The summed E-state index contributed by atoms with van der Waals surface area (Å²) in [7, 11) is 0. The Balaban J connectivity index is 2.19. The molecule has 0 aromatic heterocycles. The number of carbonyl (C=O) groups excluding carboxylic acids is 3. The Hall–Kier alpha value is -1.63. The van der Waals surface area contributed by atoms with Crippen LogP contribution in [-0.4, -0.2) is 60.6 Å². The van der Waals surface area contributed by atoms with Gasteiger partial charge >= 0.3 is 11.9 Å². The Labute approximate surface area is 239 Å². The molecule has 1 amide bonds. The normalized spacial score (nSPS) is 13.5. The van der Waals surface area contributed by atoms with Crippen LogP contribution >= 0.6 is 0 Å². The van der Waals surface area contributed by atoms with Crippen molar-refractivity contribution in [1.29, 1.82) is 0 Å². The minimum absolute atomic E-state index is 0.124. The average Bonchev–Trinajstić information content (AvgIpc) is 3.45. The van der Waals surface area contributed by atoms with E-state index in [0.29, 0.717) is 45.4 Å². The van der Waals surface area contributed by atoms with Gasteiger partial charge in [-0.15, -0.1) is 0 Å². The average molecular weight is 553 g/mol. The third-order valence-corrected chi connectivity index (χ3v) is 7.57. The third kappa shape index (κ3) is 20.9. The van der Waals surface area contributed by atoms with Crippen molar-refractivity contribution in [3.63, 3.8) is 0 Å². The number of ether oxygens (including phenoxy) is 1. The summed E-state index contributed by atoms with van der Waals surface area (Å²) in [6.45, 7) is 8.11. The van der Waals surface area contributed by atoms with Crippen LogP contribution < -0.4 is 0 Å². The van der Waals surface area contributed by atoms with E-state index in [1.54, 1.807) is 0 Å². The van der Waals surface area contributed by atoms with Crippen LogP contribution in [0.5, 0.6) is 0 Å². The Morgan fingerprint density at radius 3 is 1.74 bits per heavy atom. The molecule has 1 aliphatic heterocycles. The first kappa shape index (κ1) is 35.4.